The molecular weight excluding hydrogens is 376 g/mol. The van der Waals surface area contributed by atoms with Crippen molar-refractivity contribution >= 4 is 34.8 Å². The number of nitrogens with one attached hydrogen (secondary N) is 2. The Morgan fingerprint density at radius 2 is 1.68 bits per heavy atom. The molecule has 1 aromatic heterocycles. The maximum absolute atomic E-state index is 12.1. The number of hydrogen-bond acceptors (Lipinski definition) is 4. The van der Waals surface area contributed by atoms with Crippen molar-refractivity contribution in [3.05, 3.63) is 89.2 Å². The Labute approximate surface area is 165 Å². The summed E-state index contributed by atoms with van der Waals surface area (Å²) in [6, 6.07) is 21.9. The van der Waals surface area contributed by atoms with E-state index in [4.69, 9.17) is 16.3 Å². The van der Waals surface area contributed by atoms with E-state index in [0.29, 0.717) is 16.5 Å². The number of H-pyrrole nitrogens is 1. The molecule has 0 atom stereocenters. The fourth-order valence-electron chi connectivity index (χ4n) is 2.54. The number of imidazole rings is 1. The molecule has 0 radical (unpaired) electrons. The number of aromatic nitrogens is 2. The summed E-state index contributed by atoms with van der Waals surface area (Å²) in [7, 11) is 0. The number of hydrogen-bond donors (Lipinski definition) is 2. The number of hydrazone groups is 1. The molecule has 3 aromatic carbocycles. The molecule has 7 heteroatoms. The molecule has 4 aromatic rings. The van der Waals surface area contributed by atoms with Gasteiger partial charge in [0, 0.05) is 5.02 Å². The second-order valence-electron chi connectivity index (χ2n) is 5.93. The third kappa shape index (κ3) is 4.19. The van der Waals surface area contributed by atoms with Gasteiger partial charge in [-0.1, -0.05) is 23.7 Å². The summed E-state index contributed by atoms with van der Waals surface area (Å²) < 4.78 is 5.73. The second kappa shape index (κ2) is 7.94. The first-order valence-electron chi connectivity index (χ1n) is 8.49. The van der Waals surface area contributed by atoms with Crippen LogP contribution >= 0.6 is 11.6 Å². The molecular formula is C21H15ClN4O2. The van der Waals surface area contributed by atoms with Gasteiger partial charge < -0.3 is 9.72 Å². The summed E-state index contributed by atoms with van der Waals surface area (Å²) >= 11 is 5.86. The molecule has 0 unspecified atom stereocenters. The van der Waals surface area contributed by atoms with E-state index < -0.39 is 5.91 Å². The van der Waals surface area contributed by atoms with Crippen LogP contribution in [0.25, 0.3) is 11.0 Å². The number of nitrogens with zero attached hydrogens (tertiary/aromatic N) is 2. The SMILES string of the molecule is O=C(N/N=C/c1ccc(Oc2ccc(Cl)cc2)cc1)c1nc2ccccc2[nH]1. The molecule has 1 heterocycles. The summed E-state index contributed by atoms with van der Waals surface area (Å²) in [4.78, 5) is 19.3. The highest BCUT2D eigenvalue weighted by Crippen LogP contribution is 2.23. The number of aromatic amines is 1. The van der Waals surface area contributed by atoms with Crippen molar-refractivity contribution in [2.24, 2.45) is 5.10 Å². The predicted octanol–water partition coefficient (Wildman–Crippen LogP) is 4.77. The largest absolute Gasteiger partial charge is 0.457 e. The van der Waals surface area contributed by atoms with Crippen molar-refractivity contribution in [1.82, 2.24) is 15.4 Å². The van der Waals surface area contributed by atoms with E-state index in [1.54, 1.807) is 30.5 Å². The third-order valence-corrected chi connectivity index (χ3v) is 4.17. The number of carbonyl (C=O) groups excluding carboxylic acids is 1. The molecule has 6 nitrogen and oxygen atoms in total. The van der Waals surface area contributed by atoms with Gasteiger partial charge in [-0.05, 0) is 66.2 Å². The molecule has 1 amide bonds. The minimum Gasteiger partial charge on any atom is -0.457 e. The smallest absolute Gasteiger partial charge is 0.307 e. The molecule has 0 spiro atoms. The van der Waals surface area contributed by atoms with Crippen molar-refractivity contribution in [2.45, 2.75) is 0 Å². The van der Waals surface area contributed by atoms with Crippen LogP contribution in [0.2, 0.25) is 5.02 Å². The second-order valence-corrected chi connectivity index (χ2v) is 6.36. The van der Waals surface area contributed by atoms with Gasteiger partial charge in [-0.2, -0.15) is 5.10 Å². The summed E-state index contributed by atoms with van der Waals surface area (Å²) in [5, 5.41) is 4.63. The summed E-state index contributed by atoms with van der Waals surface area (Å²) in [6.45, 7) is 0. The van der Waals surface area contributed by atoms with Gasteiger partial charge in [-0.15, -0.1) is 0 Å². The van der Waals surface area contributed by atoms with E-state index in [9.17, 15) is 4.79 Å². The number of benzene rings is 3. The lowest BCUT2D eigenvalue weighted by atomic mass is 10.2. The first-order valence-corrected chi connectivity index (χ1v) is 8.87. The van der Waals surface area contributed by atoms with Crippen molar-refractivity contribution in [3.63, 3.8) is 0 Å². The molecule has 0 saturated carbocycles. The highest BCUT2D eigenvalue weighted by molar-refractivity contribution is 6.30. The van der Waals surface area contributed by atoms with Gasteiger partial charge in [0.15, 0.2) is 5.82 Å². The van der Waals surface area contributed by atoms with Crippen molar-refractivity contribution < 1.29 is 9.53 Å². The standard InChI is InChI=1S/C21H15ClN4O2/c22-15-7-11-17(12-8-15)28-16-9-5-14(6-10-16)13-23-26-21(27)20-24-18-3-1-2-4-19(18)25-20/h1-13H,(H,24,25)(H,26,27)/b23-13+. The molecule has 0 fully saturated rings. The van der Waals surface area contributed by atoms with Crippen LogP contribution in [-0.4, -0.2) is 22.1 Å². The lowest BCUT2D eigenvalue weighted by Gasteiger charge is -2.05. The number of fused-ring (bicyclic) bond motifs is 1. The number of para-hydroxylation sites is 2. The van der Waals surface area contributed by atoms with Gasteiger partial charge in [0.2, 0.25) is 0 Å². The van der Waals surface area contributed by atoms with Crippen LogP contribution in [0.5, 0.6) is 11.5 Å². The maximum atomic E-state index is 12.1. The predicted molar refractivity (Wildman–Crippen MR) is 109 cm³/mol. The minimum atomic E-state index is -0.407. The Balaban J connectivity index is 1.36. The Kier molecular flexibility index (Phi) is 5.03. The quantitative estimate of drug-likeness (QED) is 0.380. The van der Waals surface area contributed by atoms with Crippen molar-refractivity contribution in [2.75, 3.05) is 0 Å². The molecule has 0 aliphatic rings. The van der Waals surface area contributed by atoms with E-state index in [1.165, 1.54) is 0 Å². The molecule has 0 saturated heterocycles. The summed E-state index contributed by atoms with van der Waals surface area (Å²) in [5.74, 6) is 1.19. The zero-order valence-electron chi connectivity index (χ0n) is 14.6. The Bertz CT molecular complexity index is 1100. The van der Waals surface area contributed by atoms with Gasteiger partial charge in [-0.3, -0.25) is 4.79 Å². The Morgan fingerprint density at radius 1 is 1.00 bits per heavy atom. The van der Waals surface area contributed by atoms with Crippen molar-refractivity contribution in [1.29, 1.82) is 0 Å². The molecule has 0 aliphatic heterocycles. The highest BCUT2D eigenvalue weighted by atomic mass is 35.5. The lowest BCUT2D eigenvalue weighted by molar-refractivity contribution is 0.0946. The average Bonchev–Trinajstić information content (AvgIpc) is 3.15. The van der Waals surface area contributed by atoms with Crippen LogP contribution in [0.1, 0.15) is 16.2 Å². The zero-order valence-corrected chi connectivity index (χ0v) is 15.4. The van der Waals surface area contributed by atoms with E-state index in [1.807, 2.05) is 48.5 Å². The number of ether oxygens (including phenoxy) is 1. The van der Waals surface area contributed by atoms with Gasteiger partial charge in [0.05, 0.1) is 17.2 Å². The van der Waals surface area contributed by atoms with Gasteiger partial charge >= 0.3 is 5.91 Å². The fourth-order valence-corrected chi connectivity index (χ4v) is 2.67. The molecule has 28 heavy (non-hydrogen) atoms. The number of carbonyl (C=O) groups is 1. The monoisotopic (exact) mass is 390 g/mol. The van der Waals surface area contributed by atoms with Crippen LogP contribution in [0.15, 0.2) is 77.9 Å². The van der Waals surface area contributed by atoms with Crippen LogP contribution < -0.4 is 10.2 Å². The molecule has 4 rings (SSSR count). The minimum absolute atomic E-state index is 0.213. The zero-order chi connectivity index (χ0) is 19.3. The first-order chi connectivity index (χ1) is 13.7. The Hall–Kier alpha value is -3.64. The van der Waals surface area contributed by atoms with E-state index in [2.05, 4.69) is 20.5 Å². The number of halogens is 1. The Morgan fingerprint density at radius 3 is 2.39 bits per heavy atom. The number of rotatable bonds is 5. The van der Waals surface area contributed by atoms with E-state index >= 15 is 0 Å². The first kappa shape index (κ1) is 17.8. The van der Waals surface area contributed by atoms with E-state index in [0.717, 1.165) is 16.6 Å². The van der Waals surface area contributed by atoms with Gasteiger partial charge in [0.25, 0.3) is 0 Å². The molecule has 138 valence electrons. The topological polar surface area (TPSA) is 79.4 Å². The average molecular weight is 391 g/mol. The number of amides is 1. The molecule has 2 N–H and O–H groups in total. The highest BCUT2D eigenvalue weighted by Gasteiger charge is 2.09. The maximum Gasteiger partial charge on any atom is 0.307 e. The third-order valence-electron chi connectivity index (χ3n) is 3.91. The lowest BCUT2D eigenvalue weighted by Crippen LogP contribution is -2.19. The van der Waals surface area contributed by atoms with Crippen LogP contribution in [0.4, 0.5) is 0 Å². The van der Waals surface area contributed by atoms with Gasteiger partial charge in [0.1, 0.15) is 11.5 Å². The molecule has 0 aliphatic carbocycles. The van der Waals surface area contributed by atoms with Crippen LogP contribution in [0, 0.1) is 0 Å². The van der Waals surface area contributed by atoms with Crippen LogP contribution in [-0.2, 0) is 0 Å². The van der Waals surface area contributed by atoms with Crippen molar-refractivity contribution in [3.8, 4) is 11.5 Å². The normalized spacial score (nSPS) is 11.0. The summed E-state index contributed by atoms with van der Waals surface area (Å²) in [5.41, 5.74) is 4.80. The van der Waals surface area contributed by atoms with Crippen LogP contribution in [0.3, 0.4) is 0 Å². The fraction of sp³-hybridized carbons (Fsp3) is 0. The molecule has 0 bridgehead atoms. The summed E-state index contributed by atoms with van der Waals surface area (Å²) in [6.07, 6.45) is 1.55. The van der Waals surface area contributed by atoms with Gasteiger partial charge in [-0.25, -0.2) is 10.4 Å². The van der Waals surface area contributed by atoms with E-state index in [-0.39, 0.29) is 5.82 Å².